The molecule has 0 aliphatic rings. The number of carbonyl (C=O) groups excluding carboxylic acids is 1. The Labute approximate surface area is 177 Å². The Morgan fingerprint density at radius 2 is 1.79 bits per heavy atom. The Morgan fingerprint density at radius 3 is 2.57 bits per heavy atom. The highest BCUT2D eigenvalue weighted by molar-refractivity contribution is 14.1. The van der Waals surface area contributed by atoms with Gasteiger partial charge < -0.3 is 10.3 Å². The largest absolute Gasteiger partial charge is 0.353 e. The zero-order valence-corrected chi connectivity index (χ0v) is 17.4. The molecule has 140 valence electrons. The Balaban J connectivity index is 1.48. The molecule has 0 saturated carbocycles. The zero-order valence-electron chi connectivity index (χ0n) is 15.3. The maximum Gasteiger partial charge on any atom is 0.224 e. The van der Waals surface area contributed by atoms with E-state index in [0.717, 1.165) is 39.0 Å². The third-order valence-corrected chi connectivity index (χ3v) is 5.41. The number of para-hydroxylation sites is 1. The molecule has 0 aliphatic carbocycles. The second kappa shape index (κ2) is 8.56. The summed E-state index contributed by atoms with van der Waals surface area (Å²) >= 11 is 2.25. The summed E-state index contributed by atoms with van der Waals surface area (Å²) in [7, 11) is 0. The quantitative estimate of drug-likeness (QED) is 0.343. The lowest BCUT2D eigenvalue weighted by Crippen LogP contribution is -2.11. The number of benzene rings is 2. The highest BCUT2D eigenvalue weighted by Gasteiger charge is 2.14. The van der Waals surface area contributed by atoms with Crippen LogP contribution in [0.2, 0.25) is 0 Å². The average Bonchev–Trinajstić information content (AvgIpc) is 3.09. The SMILES string of the molecule is O=C(CCCc1c(-c2ccccn2)[nH]c2ccccc12)Nc1ccc(I)cc1. The minimum absolute atomic E-state index is 0.0421. The molecule has 5 heteroatoms. The van der Waals surface area contributed by atoms with Crippen molar-refractivity contribution in [3.63, 3.8) is 0 Å². The van der Waals surface area contributed by atoms with Gasteiger partial charge in [0.1, 0.15) is 0 Å². The second-order valence-electron chi connectivity index (χ2n) is 6.65. The van der Waals surface area contributed by atoms with E-state index in [4.69, 9.17) is 0 Å². The summed E-state index contributed by atoms with van der Waals surface area (Å²) in [4.78, 5) is 20.3. The molecule has 0 saturated heterocycles. The highest BCUT2D eigenvalue weighted by Crippen LogP contribution is 2.30. The Morgan fingerprint density at radius 1 is 1.00 bits per heavy atom. The number of amides is 1. The Kier molecular flexibility index (Phi) is 5.71. The molecule has 0 fully saturated rings. The van der Waals surface area contributed by atoms with E-state index in [2.05, 4.69) is 50.0 Å². The Hall–Kier alpha value is -2.67. The third-order valence-electron chi connectivity index (χ3n) is 4.69. The van der Waals surface area contributed by atoms with Crippen LogP contribution in [0, 0.1) is 3.57 Å². The predicted octanol–water partition coefficient (Wildman–Crippen LogP) is 5.80. The van der Waals surface area contributed by atoms with Crippen LogP contribution < -0.4 is 5.32 Å². The summed E-state index contributed by atoms with van der Waals surface area (Å²) in [6.45, 7) is 0. The lowest BCUT2D eigenvalue weighted by atomic mass is 10.0. The average molecular weight is 481 g/mol. The maximum absolute atomic E-state index is 12.3. The van der Waals surface area contributed by atoms with Crippen molar-refractivity contribution < 1.29 is 4.79 Å². The van der Waals surface area contributed by atoms with Crippen molar-refractivity contribution in [3.05, 3.63) is 82.1 Å². The fraction of sp³-hybridized carbons (Fsp3) is 0.130. The van der Waals surface area contributed by atoms with Crippen molar-refractivity contribution >= 4 is 45.1 Å². The van der Waals surface area contributed by atoms with Gasteiger partial charge in [0.25, 0.3) is 0 Å². The molecule has 2 N–H and O–H groups in total. The number of H-pyrrole nitrogens is 1. The molecule has 0 aliphatic heterocycles. The predicted molar refractivity (Wildman–Crippen MR) is 122 cm³/mol. The normalized spacial score (nSPS) is 10.9. The molecule has 4 rings (SSSR count). The first-order valence-electron chi connectivity index (χ1n) is 9.27. The van der Waals surface area contributed by atoms with Crippen LogP contribution in [0.5, 0.6) is 0 Å². The highest BCUT2D eigenvalue weighted by atomic mass is 127. The van der Waals surface area contributed by atoms with E-state index in [1.807, 2.05) is 54.6 Å². The van der Waals surface area contributed by atoms with Crippen LogP contribution in [-0.4, -0.2) is 15.9 Å². The van der Waals surface area contributed by atoms with Gasteiger partial charge in [0, 0.05) is 32.8 Å². The van der Waals surface area contributed by atoms with Gasteiger partial charge in [0.05, 0.1) is 11.4 Å². The van der Waals surface area contributed by atoms with Crippen molar-refractivity contribution in [2.75, 3.05) is 5.32 Å². The minimum atomic E-state index is 0.0421. The number of pyridine rings is 1. The molecule has 0 atom stereocenters. The molecule has 4 aromatic rings. The van der Waals surface area contributed by atoms with Gasteiger partial charge in [-0.1, -0.05) is 24.3 Å². The second-order valence-corrected chi connectivity index (χ2v) is 7.89. The third kappa shape index (κ3) is 4.25. The monoisotopic (exact) mass is 481 g/mol. The summed E-state index contributed by atoms with van der Waals surface area (Å²) in [5.41, 5.74) is 5.13. The van der Waals surface area contributed by atoms with Gasteiger partial charge in [-0.3, -0.25) is 9.78 Å². The minimum Gasteiger partial charge on any atom is -0.353 e. The van der Waals surface area contributed by atoms with Crippen LogP contribution in [0.4, 0.5) is 5.69 Å². The van der Waals surface area contributed by atoms with Crippen LogP contribution in [0.15, 0.2) is 72.9 Å². The molecule has 0 spiro atoms. The maximum atomic E-state index is 12.3. The number of aromatic amines is 1. The van der Waals surface area contributed by atoms with Crippen LogP contribution in [0.1, 0.15) is 18.4 Å². The first-order valence-corrected chi connectivity index (χ1v) is 10.3. The number of hydrogen-bond acceptors (Lipinski definition) is 2. The number of aryl methyl sites for hydroxylation is 1. The van der Waals surface area contributed by atoms with Crippen molar-refractivity contribution in [3.8, 4) is 11.4 Å². The number of rotatable bonds is 6. The summed E-state index contributed by atoms with van der Waals surface area (Å²) < 4.78 is 1.15. The van der Waals surface area contributed by atoms with Crippen LogP contribution >= 0.6 is 22.6 Å². The number of aromatic nitrogens is 2. The zero-order chi connectivity index (χ0) is 19.3. The summed E-state index contributed by atoms with van der Waals surface area (Å²) in [5, 5.41) is 4.17. The fourth-order valence-electron chi connectivity index (χ4n) is 3.37. The molecule has 2 aromatic heterocycles. The van der Waals surface area contributed by atoms with Crippen molar-refractivity contribution in [1.82, 2.24) is 9.97 Å². The molecule has 0 radical (unpaired) electrons. The first kappa shape index (κ1) is 18.7. The van der Waals surface area contributed by atoms with Gasteiger partial charge in [-0.05, 0) is 83.5 Å². The summed E-state index contributed by atoms with van der Waals surface area (Å²) in [6, 6.07) is 22.0. The lowest BCUT2D eigenvalue weighted by Gasteiger charge is -2.07. The van der Waals surface area contributed by atoms with Gasteiger partial charge in [0.2, 0.25) is 5.91 Å². The molecular weight excluding hydrogens is 461 g/mol. The van der Waals surface area contributed by atoms with Crippen molar-refractivity contribution in [1.29, 1.82) is 0 Å². The van der Waals surface area contributed by atoms with E-state index in [1.54, 1.807) is 6.20 Å². The number of nitrogens with zero attached hydrogens (tertiary/aromatic N) is 1. The van der Waals surface area contributed by atoms with Crippen LogP contribution in [0.25, 0.3) is 22.3 Å². The smallest absolute Gasteiger partial charge is 0.224 e. The fourth-order valence-corrected chi connectivity index (χ4v) is 3.73. The van der Waals surface area contributed by atoms with Crippen LogP contribution in [-0.2, 0) is 11.2 Å². The lowest BCUT2D eigenvalue weighted by molar-refractivity contribution is -0.116. The number of anilines is 1. The van der Waals surface area contributed by atoms with E-state index >= 15 is 0 Å². The van der Waals surface area contributed by atoms with Crippen molar-refractivity contribution in [2.45, 2.75) is 19.3 Å². The molecule has 28 heavy (non-hydrogen) atoms. The first-order chi connectivity index (χ1) is 13.7. The number of halogens is 1. The van der Waals surface area contributed by atoms with Gasteiger partial charge >= 0.3 is 0 Å². The van der Waals surface area contributed by atoms with Crippen LogP contribution in [0.3, 0.4) is 0 Å². The molecule has 0 unspecified atom stereocenters. The molecule has 0 bridgehead atoms. The molecule has 2 heterocycles. The number of carbonyl (C=O) groups is 1. The van der Waals surface area contributed by atoms with Crippen molar-refractivity contribution in [2.24, 2.45) is 0 Å². The van der Waals surface area contributed by atoms with E-state index < -0.39 is 0 Å². The van der Waals surface area contributed by atoms with E-state index in [1.165, 1.54) is 10.9 Å². The number of fused-ring (bicyclic) bond motifs is 1. The van der Waals surface area contributed by atoms with E-state index in [-0.39, 0.29) is 5.91 Å². The van der Waals surface area contributed by atoms with Gasteiger partial charge in [0.15, 0.2) is 0 Å². The van der Waals surface area contributed by atoms with E-state index in [9.17, 15) is 4.79 Å². The standard InChI is InChI=1S/C23H20IN3O/c24-16-11-13-17(14-12-16)26-22(28)10-5-7-19-18-6-1-2-8-20(18)27-23(19)21-9-3-4-15-25-21/h1-4,6,8-9,11-15,27H,5,7,10H2,(H,26,28). The topological polar surface area (TPSA) is 57.8 Å². The molecule has 1 amide bonds. The number of hydrogen-bond donors (Lipinski definition) is 2. The summed E-state index contributed by atoms with van der Waals surface area (Å²) in [6.07, 6.45) is 3.88. The molecular formula is C23H20IN3O. The molecule has 2 aromatic carbocycles. The van der Waals surface area contributed by atoms with Gasteiger partial charge in [-0.25, -0.2) is 0 Å². The number of nitrogens with one attached hydrogen (secondary N) is 2. The molecule has 4 nitrogen and oxygen atoms in total. The van der Waals surface area contributed by atoms with Gasteiger partial charge in [-0.2, -0.15) is 0 Å². The summed E-state index contributed by atoms with van der Waals surface area (Å²) in [5.74, 6) is 0.0421. The van der Waals surface area contributed by atoms with E-state index in [0.29, 0.717) is 6.42 Å². The van der Waals surface area contributed by atoms with Gasteiger partial charge in [-0.15, -0.1) is 0 Å². The Bertz CT molecular complexity index is 1090.